The predicted octanol–water partition coefficient (Wildman–Crippen LogP) is 5.48. The number of aryl methyl sites for hydroxylation is 2. The van der Waals surface area contributed by atoms with Crippen LogP contribution in [0, 0.1) is 13.8 Å². The lowest BCUT2D eigenvalue weighted by Crippen LogP contribution is -2.22. The molecule has 31 heavy (non-hydrogen) atoms. The molecule has 0 unspecified atom stereocenters. The summed E-state index contributed by atoms with van der Waals surface area (Å²) >= 11 is 3.42. The minimum atomic E-state index is -0.212. The second-order valence-corrected chi connectivity index (χ2v) is 8.23. The van der Waals surface area contributed by atoms with Crippen LogP contribution in [-0.4, -0.2) is 19.9 Å². The van der Waals surface area contributed by atoms with E-state index >= 15 is 0 Å². The predicted molar refractivity (Wildman–Crippen MR) is 123 cm³/mol. The molecular weight excluding hydrogens is 456 g/mol. The van der Waals surface area contributed by atoms with E-state index in [2.05, 4.69) is 38.1 Å². The molecule has 0 aliphatic carbocycles. The maximum absolute atomic E-state index is 13.1. The minimum absolute atomic E-state index is 0.212. The van der Waals surface area contributed by atoms with Crippen molar-refractivity contribution in [1.82, 2.24) is 19.9 Å². The van der Waals surface area contributed by atoms with Crippen molar-refractivity contribution in [2.45, 2.75) is 13.8 Å². The van der Waals surface area contributed by atoms with Crippen LogP contribution in [0.4, 0.5) is 0 Å². The summed E-state index contributed by atoms with van der Waals surface area (Å²) in [4.78, 5) is 17.7. The van der Waals surface area contributed by atoms with Gasteiger partial charge in [-0.2, -0.15) is 14.8 Å². The molecule has 0 atom stereocenters. The second-order valence-electron chi connectivity index (χ2n) is 7.31. The molecule has 0 aliphatic heterocycles. The highest BCUT2D eigenvalue weighted by molar-refractivity contribution is 9.10. The van der Waals surface area contributed by atoms with Crippen molar-refractivity contribution in [3.63, 3.8) is 0 Å². The van der Waals surface area contributed by atoms with Crippen LogP contribution >= 0.6 is 15.9 Å². The zero-order chi connectivity index (χ0) is 21.5. The molecule has 0 amide bonds. The van der Waals surface area contributed by atoms with Gasteiger partial charge in [0.25, 0.3) is 11.4 Å². The van der Waals surface area contributed by atoms with Crippen molar-refractivity contribution in [3.8, 4) is 28.7 Å². The van der Waals surface area contributed by atoms with E-state index in [1.54, 1.807) is 6.07 Å². The number of hydrogen-bond acceptors (Lipinski definition) is 5. The Bertz CT molecular complexity index is 1490. The second kappa shape index (κ2) is 7.59. The van der Waals surface area contributed by atoms with Gasteiger partial charge in [0, 0.05) is 15.4 Å². The number of aromatic nitrogens is 4. The molecule has 0 saturated carbocycles. The number of benzene rings is 3. The maximum atomic E-state index is 13.1. The van der Waals surface area contributed by atoms with Gasteiger partial charge in [-0.25, -0.2) is 0 Å². The van der Waals surface area contributed by atoms with Crippen molar-refractivity contribution in [2.24, 2.45) is 0 Å². The topological polar surface area (TPSA) is 73.8 Å². The van der Waals surface area contributed by atoms with E-state index < -0.39 is 0 Å². The fraction of sp³-hybridized carbons (Fsp3) is 0.0833. The van der Waals surface area contributed by atoms with Gasteiger partial charge in [-0.3, -0.25) is 4.79 Å². The molecule has 0 radical (unpaired) electrons. The maximum Gasteiger partial charge on any atom is 0.279 e. The molecule has 2 heterocycles. The highest BCUT2D eigenvalue weighted by atomic mass is 79.9. The third-order valence-corrected chi connectivity index (χ3v) is 5.80. The number of fused-ring (bicyclic) bond motifs is 1. The van der Waals surface area contributed by atoms with Gasteiger partial charge in [0.15, 0.2) is 5.69 Å². The van der Waals surface area contributed by atoms with Crippen molar-refractivity contribution < 1.29 is 4.52 Å². The summed E-state index contributed by atoms with van der Waals surface area (Å²) in [6.45, 7) is 4.10. The molecule has 0 bridgehead atoms. The van der Waals surface area contributed by atoms with E-state index in [4.69, 9.17) is 4.52 Å². The van der Waals surface area contributed by atoms with E-state index in [0.29, 0.717) is 28.0 Å². The van der Waals surface area contributed by atoms with Gasteiger partial charge >= 0.3 is 0 Å². The van der Waals surface area contributed by atoms with Crippen molar-refractivity contribution in [1.29, 1.82) is 0 Å². The Morgan fingerprint density at radius 2 is 1.65 bits per heavy atom. The first-order valence-electron chi connectivity index (χ1n) is 9.71. The largest absolute Gasteiger partial charge is 0.332 e. The van der Waals surface area contributed by atoms with Crippen LogP contribution in [-0.2, 0) is 0 Å². The Morgan fingerprint density at radius 3 is 2.39 bits per heavy atom. The third-order valence-electron chi connectivity index (χ3n) is 5.27. The summed E-state index contributed by atoms with van der Waals surface area (Å²) in [7, 11) is 0. The molecule has 5 aromatic rings. The van der Waals surface area contributed by atoms with Gasteiger partial charge in [-0.1, -0.05) is 51.4 Å². The first kappa shape index (κ1) is 19.4. The van der Waals surface area contributed by atoms with Crippen LogP contribution in [0.2, 0.25) is 0 Å². The zero-order valence-electron chi connectivity index (χ0n) is 16.8. The number of halogens is 1. The van der Waals surface area contributed by atoms with Crippen molar-refractivity contribution in [3.05, 3.63) is 92.7 Å². The SMILES string of the molecule is Cc1ccc(-c2noc(-c3nn(-c4ccc(Br)cc4)c(=O)c4ccccc34)n2)cc1C. The van der Waals surface area contributed by atoms with E-state index in [-0.39, 0.29) is 11.4 Å². The summed E-state index contributed by atoms with van der Waals surface area (Å²) in [5.41, 5.74) is 4.10. The smallest absolute Gasteiger partial charge is 0.279 e. The third kappa shape index (κ3) is 3.47. The number of hydrogen-bond donors (Lipinski definition) is 0. The van der Waals surface area contributed by atoms with Crippen LogP contribution in [0.25, 0.3) is 39.4 Å². The summed E-state index contributed by atoms with van der Waals surface area (Å²) in [6, 6.07) is 20.7. The van der Waals surface area contributed by atoms with Gasteiger partial charge in [-0.15, -0.1) is 0 Å². The molecule has 3 aromatic carbocycles. The molecule has 0 saturated heterocycles. The van der Waals surface area contributed by atoms with Gasteiger partial charge in [0.05, 0.1) is 11.1 Å². The summed E-state index contributed by atoms with van der Waals surface area (Å²) in [5.74, 6) is 0.737. The Morgan fingerprint density at radius 1 is 0.903 bits per heavy atom. The Balaban J connectivity index is 1.71. The van der Waals surface area contributed by atoms with Crippen molar-refractivity contribution >= 4 is 26.7 Å². The molecule has 5 rings (SSSR count). The number of rotatable bonds is 3. The Kier molecular flexibility index (Phi) is 4.75. The van der Waals surface area contributed by atoms with E-state index in [0.717, 1.165) is 15.6 Å². The molecule has 152 valence electrons. The number of nitrogens with zero attached hydrogens (tertiary/aromatic N) is 4. The summed E-state index contributed by atoms with van der Waals surface area (Å²) in [5, 5.41) is 9.95. The first-order valence-corrected chi connectivity index (χ1v) is 10.5. The van der Waals surface area contributed by atoms with Crippen molar-refractivity contribution in [2.75, 3.05) is 0 Å². The first-order chi connectivity index (χ1) is 15.0. The van der Waals surface area contributed by atoms with Crippen LogP contribution < -0.4 is 5.56 Å². The van der Waals surface area contributed by atoms with Gasteiger partial charge < -0.3 is 4.52 Å². The fourth-order valence-corrected chi connectivity index (χ4v) is 3.69. The van der Waals surface area contributed by atoms with Gasteiger partial charge in [-0.05, 0) is 61.4 Å². The zero-order valence-corrected chi connectivity index (χ0v) is 18.4. The lowest BCUT2D eigenvalue weighted by molar-refractivity contribution is 0.430. The quantitative estimate of drug-likeness (QED) is 0.347. The molecule has 0 aliphatic rings. The monoisotopic (exact) mass is 472 g/mol. The molecule has 0 fully saturated rings. The Labute approximate surface area is 186 Å². The average Bonchev–Trinajstić information content (AvgIpc) is 3.27. The molecule has 7 heteroatoms. The molecule has 0 spiro atoms. The minimum Gasteiger partial charge on any atom is -0.332 e. The van der Waals surface area contributed by atoms with Gasteiger partial charge in [0.1, 0.15) is 0 Å². The molecule has 2 aromatic heterocycles. The fourth-order valence-electron chi connectivity index (χ4n) is 3.42. The highest BCUT2D eigenvalue weighted by Gasteiger charge is 2.19. The lowest BCUT2D eigenvalue weighted by atomic mass is 10.1. The summed E-state index contributed by atoms with van der Waals surface area (Å²) < 4.78 is 7.87. The summed E-state index contributed by atoms with van der Waals surface area (Å²) in [6.07, 6.45) is 0. The van der Waals surface area contributed by atoms with Crippen LogP contribution in [0.3, 0.4) is 0 Å². The van der Waals surface area contributed by atoms with Gasteiger partial charge in [0.2, 0.25) is 5.82 Å². The van der Waals surface area contributed by atoms with E-state index in [1.807, 2.05) is 67.6 Å². The molecular formula is C24H17BrN4O2. The van der Waals surface area contributed by atoms with E-state index in [9.17, 15) is 4.79 Å². The average molecular weight is 473 g/mol. The Hall–Kier alpha value is -3.58. The lowest BCUT2D eigenvalue weighted by Gasteiger charge is -2.09. The van der Waals surface area contributed by atoms with E-state index in [1.165, 1.54) is 10.2 Å². The highest BCUT2D eigenvalue weighted by Crippen LogP contribution is 2.27. The standard InChI is InChI=1S/C24H17BrN4O2/c1-14-7-8-16(13-15(14)2)22-26-23(31-28-22)21-19-5-3-4-6-20(19)24(30)29(27-21)18-11-9-17(25)10-12-18/h3-13H,1-2H3. The van der Waals surface area contributed by atoms with Crippen LogP contribution in [0.5, 0.6) is 0 Å². The molecule has 0 N–H and O–H groups in total. The molecule has 6 nitrogen and oxygen atoms in total. The van der Waals surface area contributed by atoms with Crippen LogP contribution in [0.15, 0.2) is 80.5 Å². The normalized spacial score (nSPS) is 11.2. The van der Waals surface area contributed by atoms with Crippen LogP contribution in [0.1, 0.15) is 11.1 Å².